The lowest BCUT2D eigenvalue weighted by molar-refractivity contribution is 0.00147. The van der Waals surface area contributed by atoms with Crippen LogP contribution in [0.4, 0.5) is 0 Å². The Kier molecular flexibility index (Phi) is 6.86. The Balaban J connectivity index is 1.54. The lowest BCUT2D eigenvalue weighted by Gasteiger charge is -2.44. The van der Waals surface area contributed by atoms with Crippen LogP contribution in [0, 0.1) is 0 Å². The second kappa shape index (κ2) is 9.78. The molecule has 1 aliphatic rings. The molecule has 1 fully saturated rings. The van der Waals surface area contributed by atoms with Gasteiger partial charge in [0.2, 0.25) is 0 Å². The van der Waals surface area contributed by atoms with Gasteiger partial charge in [-0.2, -0.15) is 0 Å². The molecule has 3 unspecified atom stereocenters. The number of aliphatic hydroxyl groups excluding tert-OH is 1. The molecule has 1 saturated heterocycles. The van der Waals surface area contributed by atoms with Gasteiger partial charge >= 0.3 is 0 Å². The molecule has 3 nitrogen and oxygen atoms in total. The normalized spacial score (nSPS) is 21.0. The molecule has 2 N–H and O–H groups in total. The third-order valence-electron chi connectivity index (χ3n) is 6.94. The minimum Gasteiger partial charge on any atom is -0.388 e. The third kappa shape index (κ3) is 4.90. The summed E-state index contributed by atoms with van der Waals surface area (Å²) in [4.78, 5) is 2.40. The second-order valence-electron chi connectivity index (χ2n) is 8.86. The third-order valence-corrected chi connectivity index (χ3v) is 6.94. The van der Waals surface area contributed by atoms with Crippen LogP contribution in [0.2, 0.25) is 0 Å². The zero-order valence-corrected chi connectivity index (χ0v) is 18.3. The van der Waals surface area contributed by atoms with E-state index in [9.17, 15) is 10.2 Å². The molecule has 0 bridgehead atoms. The van der Waals surface area contributed by atoms with Crippen molar-refractivity contribution in [3.8, 4) is 0 Å². The average molecular weight is 416 g/mol. The van der Waals surface area contributed by atoms with E-state index in [1.54, 1.807) is 0 Å². The highest BCUT2D eigenvalue weighted by Crippen LogP contribution is 2.39. The van der Waals surface area contributed by atoms with E-state index in [2.05, 4.69) is 11.9 Å². The zero-order valence-electron chi connectivity index (χ0n) is 18.3. The van der Waals surface area contributed by atoms with E-state index in [1.165, 1.54) is 0 Å². The van der Waals surface area contributed by atoms with Crippen LogP contribution >= 0.6 is 0 Å². The Morgan fingerprint density at radius 2 is 1.29 bits per heavy atom. The van der Waals surface area contributed by atoms with Crippen molar-refractivity contribution >= 4 is 0 Å². The van der Waals surface area contributed by atoms with Crippen LogP contribution < -0.4 is 0 Å². The van der Waals surface area contributed by atoms with Gasteiger partial charge in [0.05, 0.1) is 6.10 Å². The summed E-state index contributed by atoms with van der Waals surface area (Å²) in [7, 11) is 2.16. The van der Waals surface area contributed by atoms with Crippen LogP contribution in [0.1, 0.15) is 54.9 Å². The molecule has 0 amide bonds. The van der Waals surface area contributed by atoms with Crippen LogP contribution in [-0.4, -0.2) is 34.2 Å². The number of aliphatic hydroxyl groups is 2. The largest absolute Gasteiger partial charge is 0.388 e. The summed E-state index contributed by atoms with van der Waals surface area (Å²) in [6, 6.07) is 30.5. The Bertz CT molecular complexity index is 890. The van der Waals surface area contributed by atoms with Crippen LogP contribution in [0.25, 0.3) is 0 Å². The second-order valence-corrected chi connectivity index (χ2v) is 8.86. The van der Waals surface area contributed by atoms with Gasteiger partial charge in [0.1, 0.15) is 5.60 Å². The molecule has 1 aliphatic heterocycles. The summed E-state index contributed by atoms with van der Waals surface area (Å²) < 4.78 is 0. The first-order chi connectivity index (χ1) is 15.1. The fourth-order valence-corrected chi connectivity index (χ4v) is 5.06. The van der Waals surface area contributed by atoms with Gasteiger partial charge in [0.15, 0.2) is 0 Å². The fourth-order valence-electron chi connectivity index (χ4n) is 5.06. The van der Waals surface area contributed by atoms with Gasteiger partial charge in [-0.15, -0.1) is 0 Å². The smallest absolute Gasteiger partial charge is 0.116 e. The quantitative estimate of drug-likeness (QED) is 0.551. The minimum absolute atomic E-state index is 0.243. The van der Waals surface area contributed by atoms with Crippen molar-refractivity contribution in [1.82, 2.24) is 4.90 Å². The van der Waals surface area contributed by atoms with Crippen molar-refractivity contribution in [2.24, 2.45) is 0 Å². The summed E-state index contributed by atoms with van der Waals surface area (Å²) in [5.74, 6) is 0. The van der Waals surface area contributed by atoms with E-state index in [0.29, 0.717) is 18.9 Å². The maximum Gasteiger partial charge on any atom is 0.116 e. The van der Waals surface area contributed by atoms with Crippen LogP contribution in [0.15, 0.2) is 91.0 Å². The Morgan fingerprint density at radius 3 is 1.84 bits per heavy atom. The van der Waals surface area contributed by atoms with Crippen molar-refractivity contribution in [2.75, 3.05) is 7.05 Å². The Hall–Kier alpha value is -2.46. The van der Waals surface area contributed by atoms with Gasteiger partial charge in [0, 0.05) is 18.5 Å². The Morgan fingerprint density at radius 1 is 0.806 bits per heavy atom. The lowest BCUT2D eigenvalue weighted by Crippen LogP contribution is -2.48. The molecule has 162 valence electrons. The number of hydrogen-bond acceptors (Lipinski definition) is 3. The van der Waals surface area contributed by atoms with E-state index in [-0.39, 0.29) is 6.04 Å². The van der Waals surface area contributed by atoms with Crippen molar-refractivity contribution < 1.29 is 10.2 Å². The maximum atomic E-state index is 12.0. The van der Waals surface area contributed by atoms with E-state index in [0.717, 1.165) is 36.0 Å². The molecule has 3 aromatic carbocycles. The van der Waals surface area contributed by atoms with E-state index in [1.807, 2.05) is 91.0 Å². The standard InChI is InChI=1S/C28H33NO2/c1-29-25(20-27(30)22-12-5-2-6-13-22)18-11-19-26(29)21-28(31,23-14-7-3-8-15-23)24-16-9-4-10-17-24/h2-10,12-17,25-27,30-31H,11,18-21H2,1H3. The number of rotatable bonds is 7. The van der Waals surface area contributed by atoms with Gasteiger partial charge < -0.3 is 15.1 Å². The average Bonchev–Trinajstić information content (AvgIpc) is 2.83. The molecule has 0 aliphatic carbocycles. The van der Waals surface area contributed by atoms with E-state index < -0.39 is 11.7 Å². The lowest BCUT2D eigenvalue weighted by atomic mass is 9.78. The summed E-state index contributed by atoms with van der Waals surface area (Å²) in [5, 5.41) is 22.8. The van der Waals surface area contributed by atoms with Crippen LogP contribution in [0.3, 0.4) is 0 Å². The molecule has 3 heteroatoms. The molecule has 0 radical (unpaired) electrons. The van der Waals surface area contributed by atoms with Crippen molar-refractivity contribution in [3.05, 3.63) is 108 Å². The summed E-state index contributed by atoms with van der Waals surface area (Å²) >= 11 is 0. The topological polar surface area (TPSA) is 43.7 Å². The fraction of sp³-hybridized carbons (Fsp3) is 0.357. The molecule has 1 heterocycles. The number of likely N-dealkylation sites (tertiary alicyclic amines) is 1. The maximum absolute atomic E-state index is 12.0. The highest BCUT2D eigenvalue weighted by Gasteiger charge is 2.38. The molecule has 0 spiro atoms. The zero-order chi connectivity index (χ0) is 21.7. The van der Waals surface area contributed by atoms with Crippen molar-refractivity contribution in [1.29, 1.82) is 0 Å². The molecule has 3 aromatic rings. The van der Waals surface area contributed by atoms with Gasteiger partial charge in [-0.25, -0.2) is 0 Å². The van der Waals surface area contributed by atoms with Gasteiger partial charge in [-0.05, 0) is 43.0 Å². The molecular weight excluding hydrogens is 382 g/mol. The van der Waals surface area contributed by atoms with Gasteiger partial charge in [0.25, 0.3) is 0 Å². The van der Waals surface area contributed by atoms with Crippen LogP contribution in [0.5, 0.6) is 0 Å². The van der Waals surface area contributed by atoms with Crippen molar-refractivity contribution in [3.63, 3.8) is 0 Å². The minimum atomic E-state index is -1.04. The summed E-state index contributed by atoms with van der Waals surface area (Å²) in [6.07, 6.45) is 4.12. The van der Waals surface area contributed by atoms with E-state index >= 15 is 0 Å². The predicted octanol–water partition coefficient (Wildman–Crippen LogP) is 5.29. The molecule has 4 rings (SSSR count). The molecule has 3 atom stereocenters. The molecule has 0 saturated carbocycles. The number of nitrogens with zero attached hydrogens (tertiary/aromatic N) is 1. The van der Waals surface area contributed by atoms with Crippen LogP contribution in [-0.2, 0) is 5.60 Å². The first kappa shape index (κ1) is 21.8. The SMILES string of the molecule is CN1C(CC(O)c2ccccc2)CCCC1CC(O)(c1ccccc1)c1ccccc1. The van der Waals surface area contributed by atoms with Gasteiger partial charge in [-0.1, -0.05) is 97.4 Å². The number of benzene rings is 3. The predicted molar refractivity (Wildman–Crippen MR) is 126 cm³/mol. The first-order valence-corrected chi connectivity index (χ1v) is 11.4. The van der Waals surface area contributed by atoms with E-state index in [4.69, 9.17) is 0 Å². The van der Waals surface area contributed by atoms with Crippen molar-refractivity contribution in [2.45, 2.75) is 55.9 Å². The van der Waals surface area contributed by atoms with Gasteiger partial charge in [-0.3, -0.25) is 0 Å². The number of piperidine rings is 1. The monoisotopic (exact) mass is 415 g/mol. The first-order valence-electron chi connectivity index (χ1n) is 11.4. The molecule has 31 heavy (non-hydrogen) atoms. The summed E-state index contributed by atoms with van der Waals surface area (Å²) in [6.45, 7) is 0. The highest BCUT2D eigenvalue weighted by molar-refractivity contribution is 5.36. The molecular formula is C28H33NO2. The molecule has 0 aromatic heterocycles. The highest BCUT2D eigenvalue weighted by atomic mass is 16.3. The number of hydrogen-bond donors (Lipinski definition) is 2. The summed E-state index contributed by atoms with van der Waals surface area (Å²) in [5.41, 5.74) is 1.80. The Labute approximate surface area is 186 Å².